The Balaban J connectivity index is 1.96. The van der Waals surface area contributed by atoms with Crippen LogP contribution in [0.3, 0.4) is 0 Å². The number of ether oxygens (including phenoxy) is 1. The van der Waals surface area contributed by atoms with Crippen molar-refractivity contribution >= 4 is 16.5 Å². The Morgan fingerprint density at radius 2 is 1.81 bits per heavy atom. The van der Waals surface area contributed by atoms with Gasteiger partial charge >= 0.3 is 6.18 Å². The Morgan fingerprint density at radius 3 is 2.47 bits per heavy atom. The minimum atomic E-state index is -4.99. The quantitative estimate of drug-likeness (QED) is 0.453. The molecule has 0 fully saturated rings. The molecule has 0 radical (unpaired) electrons. The van der Waals surface area contributed by atoms with Gasteiger partial charge in [-0.15, -0.1) is 0 Å². The second-order valence-corrected chi connectivity index (χ2v) is 8.36. The van der Waals surface area contributed by atoms with Crippen molar-refractivity contribution in [3.63, 3.8) is 0 Å². The van der Waals surface area contributed by atoms with Crippen molar-refractivity contribution < 1.29 is 27.4 Å². The van der Waals surface area contributed by atoms with Gasteiger partial charge in [-0.25, -0.2) is 4.39 Å². The molecule has 0 aliphatic heterocycles. The summed E-state index contributed by atoms with van der Waals surface area (Å²) >= 11 is 0. The lowest BCUT2D eigenvalue weighted by Crippen LogP contribution is -2.53. The number of aromatic nitrogens is 1. The first-order valence-electron chi connectivity index (χ1n) is 9.85. The fraction of sp³-hybridized carbons (Fsp3) is 0.348. The second kappa shape index (κ2) is 8.46. The predicted octanol–water partition coefficient (Wildman–Crippen LogP) is 4.75. The highest BCUT2D eigenvalue weighted by Crippen LogP contribution is 2.44. The maximum atomic E-state index is 14.0. The van der Waals surface area contributed by atoms with E-state index < -0.39 is 36.0 Å². The summed E-state index contributed by atoms with van der Waals surface area (Å²) in [6.07, 6.45) is -4.35. The number of anilines is 1. The summed E-state index contributed by atoms with van der Waals surface area (Å²) in [5.74, 6) is -0.398. The zero-order valence-corrected chi connectivity index (χ0v) is 17.8. The number of nitrogens with one attached hydrogen (secondary N) is 2. The van der Waals surface area contributed by atoms with Crippen molar-refractivity contribution in [2.75, 3.05) is 19.0 Å². The first-order valence-corrected chi connectivity index (χ1v) is 9.85. The molecule has 3 rings (SSSR count). The van der Waals surface area contributed by atoms with Crippen LogP contribution >= 0.6 is 0 Å². The van der Waals surface area contributed by atoms with Crippen molar-refractivity contribution in [1.29, 1.82) is 0 Å². The van der Waals surface area contributed by atoms with Gasteiger partial charge in [0.2, 0.25) is 0 Å². The van der Waals surface area contributed by atoms with Gasteiger partial charge in [-0.05, 0) is 48.2 Å². The molecule has 9 heteroatoms. The van der Waals surface area contributed by atoms with E-state index in [-0.39, 0.29) is 22.6 Å². The smallest absolute Gasteiger partial charge is 0.418 e. The largest absolute Gasteiger partial charge is 0.496 e. The van der Waals surface area contributed by atoms with E-state index in [0.29, 0.717) is 10.8 Å². The first kappa shape index (κ1) is 23.6. The average molecular weight is 452 g/mol. The lowest BCUT2D eigenvalue weighted by Gasteiger charge is -2.38. The zero-order valence-electron chi connectivity index (χ0n) is 17.8. The summed E-state index contributed by atoms with van der Waals surface area (Å²) in [6.45, 7) is 2.10. The number of benzene rings is 2. The molecule has 0 aliphatic rings. The average Bonchev–Trinajstić information content (AvgIpc) is 2.71. The van der Waals surface area contributed by atoms with Crippen LogP contribution in [-0.2, 0) is 5.41 Å². The number of fused-ring (bicyclic) bond motifs is 1. The number of aromatic amines is 1. The number of halogens is 4. The highest BCUT2D eigenvalue weighted by atomic mass is 19.4. The van der Waals surface area contributed by atoms with Crippen LogP contribution < -0.4 is 15.6 Å². The van der Waals surface area contributed by atoms with Crippen molar-refractivity contribution in [2.24, 2.45) is 0 Å². The summed E-state index contributed by atoms with van der Waals surface area (Å²) < 4.78 is 61.2. The SMILES string of the molecule is COc1ccc(F)cc1C(C)(C)CC(O)(CNc1cccc2c(=O)[nH]ccc12)C(F)(F)F. The summed E-state index contributed by atoms with van der Waals surface area (Å²) in [6, 6.07) is 9.78. The van der Waals surface area contributed by atoms with Gasteiger partial charge in [0, 0.05) is 28.2 Å². The molecule has 1 atom stereocenters. The number of alkyl halides is 3. The van der Waals surface area contributed by atoms with Gasteiger partial charge in [-0.2, -0.15) is 13.2 Å². The molecular weight excluding hydrogens is 428 g/mol. The molecule has 1 unspecified atom stereocenters. The number of rotatable bonds is 7. The van der Waals surface area contributed by atoms with Gasteiger partial charge in [0.25, 0.3) is 5.56 Å². The van der Waals surface area contributed by atoms with E-state index in [1.54, 1.807) is 12.1 Å². The number of hydrogen-bond donors (Lipinski definition) is 3. The van der Waals surface area contributed by atoms with Gasteiger partial charge in [0.05, 0.1) is 13.7 Å². The highest BCUT2D eigenvalue weighted by Gasteiger charge is 2.56. The molecule has 3 N–H and O–H groups in total. The van der Waals surface area contributed by atoms with E-state index in [2.05, 4.69) is 10.3 Å². The summed E-state index contributed by atoms with van der Waals surface area (Å²) in [4.78, 5) is 14.5. The summed E-state index contributed by atoms with van der Waals surface area (Å²) in [5, 5.41) is 14.2. The topological polar surface area (TPSA) is 74.3 Å². The molecule has 172 valence electrons. The Labute approximate surface area is 182 Å². The number of methoxy groups -OCH3 is 1. The van der Waals surface area contributed by atoms with E-state index in [1.807, 2.05) is 0 Å². The first-order chi connectivity index (χ1) is 14.9. The van der Waals surface area contributed by atoms with Gasteiger partial charge in [-0.3, -0.25) is 4.79 Å². The van der Waals surface area contributed by atoms with Crippen LogP contribution in [0.5, 0.6) is 5.75 Å². The molecule has 0 amide bonds. The van der Waals surface area contributed by atoms with Crippen LogP contribution in [0.4, 0.5) is 23.2 Å². The number of hydrogen-bond acceptors (Lipinski definition) is 4. The monoisotopic (exact) mass is 452 g/mol. The third kappa shape index (κ3) is 4.57. The summed E-state index contributed by atoms with van der Waals surface area (Å²) in [7, 11) is 1.34. The molecule has 5 nitrogen and oxygen atoms in total. The molecule has 2 aromatic carbocycles. The molecular formula is C23H24F4N2O3. The van der Waals surface area contributed by atoms with Gasteiger partial charge in [-0.1, -0.05) is 19.9 Å². The lowest BCUT2D eigenvalue weighted by atomic mass is 9.74. The van der Waals surface area contributed by atoms with Crippen LogP contribution in [0, 0.1) is 5.82 Å². The van der Waals surface area contributed by atoms with E-state index in [1.165, 1.54) is 45.4 Å². The molecule has 0 spiro atoms. The van der Waals surface area contributed by atoms with Gasteiger partial charge in [0.1, 0.15) is 11.6 Å². The Morgan fingerprint density at radius 1 is 1.09 bits per heavy atom. The molecule has 0 aliphatic carbocycles. The molecule has 1 heterocycles. The molecule has 0 saturated heterocycles. The van der Waals surface area contributed by atoms with Crippen molar-refractivity contribution in [3.05, 3.63) is 70.4 Å². The second-order valence-electron chi connectivity index (χ2n) is 8.36. The Kier molecular flexibility index (Phi) is 6.24. The van der Waals surface area contributed by atoms with E-state index in [9.17, 15) is 27.5 Å². The Bertz CT molecular complexity index is 1170. The molecule has 0 bridgehead atoms. The lowest BCUT2D eigenvalue weighted by molar-refractivity contribution is -0.260. The number of H-pyrrole nitrogens is 1. The summed E-state index contributed by atoms with van der Waals surface area (Å²) in [5.41, 5.74) is -4.35. The third-order valence-corrected chi connectivity index (χ3v) is 5.54. The van der Waals surface area contributed by atoms with E-state index in [4.69, 9.17) is 4.74 Å². The van der Waals surface area contributed by atoms with Crippen molar-refractivity contribution in [1.82, 2.24) is 4.98 Å². The number of aliphatic hydroxyl groups is 1. The van der Waals surface area contributed by atoms with Crippen LogP contribution in [0.1, 0.15) is 25.8 Å². The van der Waals surface area contributed by atoms with Crippen molar-refractivity contribution in [3.8, 4) is 5.75 Å². The van der Waals surface area contributed by atoms with E-state index >= 15 is 0 Å². The fourth-order valence-electron chi connectivity index (χ4n) is 3.92. The van der Waals surface area contributed by atoms with Crippen LogP contribution in [0.25, 0.3) is 10.8 Å². The molecule has 3 aromatic rings. The van der Waals surface area contributed by atoms with Gasteiger partial charge < -0.3 is 20.1 Å². The minimum Gasteiger partial charge on any atom is -0.496 e. The highest BCUT2D eigenvalue weighted by molar-refractivity contribution is 5.93. The maximum absolute atomic E-state index is 14.0. The standard InChI is InChI=1S/C23H24F4N2O3/c1-21(2,17-11-14(24)7-8-19(17)32-3)12-22(31,23(25,26)27)13-29-18-6-4-5-16-15(18)9-10-28-20(16)30/h4-11,29,31H,12-13H2,1-3H3,(H,28,30). The van der Waals surface area contributed by atoms with E-state index in [0.717, 1.165) is 12.1 Å². The maximum Gasteiger partial charge on any atom is 0.418 e. The Hall–Kier alpha value is -3.07. The van der Waals surface area contributed by atoms with Crippen LogP contribution in [-0.4, -0.2) is 35.5 Å². The third-order valence-electron chi connectivity index (χ3n) is 5.54. The molecule has 0 saturated carbocycles. The van der Waals surface area contributed by atoms with Crippen LogP contribution in [0.15, 0.2) is 53.5 Å². The molecule has 1 aromatic heterocycles. The molecule has 32 heavy (non-hydrogen) atoms. The number of pyridine rings is 1. The van der Waals surface area contributed by atoms with Crippen molar-refractivity contribution in [2.45, 2.75) is 37.5 Å². The van der Waals surface area contributed by atoms with Gasteiger partial charge in [0.15, 0.2) is 5.60 Å². The fourth-order valence-corrected chi connectivity index (χ4v) is 3.92. The normalized spacial score (nSPS) is 14.2. The van der Waals surface area contributed by atoms with Crippen LogP contribution in [0.2, 0.25) is 0 Å². The zero-order chi connectivity index (χ0) is 23.7. The predicted molar refractivity (Wildman–Crippen MR) is 115 cm³/mol. The minimum absolute atomic E-state index is 0.208.